The zero-order valence-electron chi connectivity index (χ0n) is 15.9. The molecule has 0 bridgehead atoms. The smallest absolute Gasteiger partial charge is 0.262 e. The average Bonchev–Trinajstić information content (AvgIpc) is 2.87. The van der Waals surface area contributed by atoms with Crippen LogP contribution in [-0.2, 0) is 11.4 Å². The van der Waals surface area contributed by atoms with Gasteiger partial charge < -0.3 is 10.0 Å². The van der Waals surface area contributed by atoms with Gasteiger partial charge in [-0.2, -0.15) is 0 Å². The van der Waals surface area contributed by atoms with Crippen molar-refractivity contribution >= 4 is 23.4 Å². The van der Waals surface area contributed by atoms with E-state index in [1.54, 1.807) is 31.3 Å². The molecular weight excluding hydrogens is 344 g/mol. The topological polar surface area (TPSA) is 77.9 Å². The summed E-state index contributed by atoms with van der Waals surface area (Å²) in [6.07, 6.45) is 0. The van der Waals surface area contributed by atoms with Crippen LogP contribution in [0, 0.1) is 20.8 Å². The molecule has 2 aromatic carbocycles. The Kier molecular flexibility index (Phi) is 4.85. The Morgan fingerprint density at radius 2 is 1.59 bits per heavy atom. The van der Waals surface area contributed by atoms with Crippen LogP contribution in [0.5, 0.6) is 0 Å². The highest BCUT2D eigenvalue weighted by Gasteiger charge is 2.37. The quantitative estimate of drug-likeness (QED) is 0.843. The normalized spacial score (nSPS) is 13.1. The molecule has 0 spiro atoms. The van der Waals surface area contributed by atoms with E-state index in [0.29, 0.717) is 16.8 Å². The number of aliphatic hydroxyl groups is 1. The minimum Gasteiger partial charge on any atom is -0.392 e. The first-order valence-electron chi connectivity index (χ1n) is 8.70. The molecule has 0 saturated heterocycles. The second kappa shape index (κ2) is 6.96. The van der Waals surface area contributed by atoms with Gasteiger partial charge in [-0.25, -0.2) is 0 Å². The molecule has 0 fully saturated rings. The molecule has 6 heteroatoms. The van der Waals surface area contributed by atoms with Gasteiger partial charge in [0.05, 0.1) is 17.7 Å². The lowest BCUT2D eigenvalue weighted by Crippen LogP contribution is -2.41. The lowest BCUT2D eigenvalue weighted by Gasteiger charge is -2.26. The number of benzene rings is 2. The fraction of sp³-hybridized carbons (Fsp3) is 0.286. The van der Waals surface area contributed by atoms with Crippen LogP contribution < -0.4 is 4.90 Å². The maximum atomic E-state index is 12.8. The van der Waals surface area contributed by atoms with E-state index in [-0.39, 0.29) is 19.1 Å². The number of rotatable bonds is 4. The van der Waals surface area contributed by atoms with Crippen molar-refractivity contribution in [1.29, 1.82) is 0 Å². The van der Waals surface area contributed by atoms with Gasteiger partial charge in [0.25, 0.3) is 11.8 Å². The SMILES string of the molecule is Cc1cc(C)c(N(C)C(=O)CN2C(=O)c3ccccc3C2=O)c(C)c1CO. The molecule has 1 heterocycles. The Morgan fingerprint density at radius 3 is 2.11 bits per heavy atom. The fourth-order valence-corrected chi connectivity index (χ4v) is 3.72. The number of aliphatic hydroxyl groups excluding tert-OH is 1. The average molecular weight is 366 g/mol. The largest absolute Gasteiger partial charge is 0.392 e. The summed E-state index contributed by atoms with van der Waals surface area (Å²) < 4.78 is 0. The molecule has 0 saturated carbocycles. The first kappa shape index (κ1) is 18.8. The molecule has 0 atom stereocenters. The Labute approximate surface area is 158 Å². The van der Waals surface area contributed by atoms with E-state index in [2.05, 4.69) is 0 Å². The van der Waals surface area contributed by atoms with Gasteiger partial charge in [-0.1, -0.05) is 18.2 Å². The van der Waals surface area contributed by atoms with Crippen LogP contribution in [0.3, 0.4) is 0 Å². The van der Waals surface area contributed by atoms with Crippen molar-refractivity contribution in [3.63, 3.8) is 0 Å². The van der Waals surface area contributed by atoms with Crippen molar-refractivity contribution in [2.24, 2.45) is 0 Å². The summed E-state index contributed by atoms with van der Waals surface area (Å²) >= 11 is 0. The number of carbonyl (C=O) groups is 3. The molecule has 0 aliphatic carbocycles. The molecule has 6 nitrogen and oxygen atoms in total. The van der Waals surface area contributed by atoms with E-state index in [1.165, 1.54) is 4.90 Å². The first-order chi connectivity index (χ1) is 12.8. The predicted molar refractivity (Wildman–Crippen MR) is 102 cm³/mol. The Bertz CT molecular complexity index is 930. The molecule has 0 unspecified atom stereocenters. The van der Waals surface area contributed by atoms with E-state index < -0.39 is 11.8 Å². The van der Waals surface area contributed by atoms with Crippen LogP contribution in [0.2, 0.25) is 0 Å². The van der Waals surface area contributed by atoms with Gasteiger partial charge >= 0.3 is 0 Å². The van der Waals surface area contributed by atoms with Crippen molar-refractivity contribution in [2.75, 3.05) is 18.5 Å². The van der Waals surface area contributed by atoms with Crippen LogP contribution in [0.4, 0.5) is 5.69 Å². The van der Waals surface area contributed by atoms with Gasteiger partial charge in [-0.3, -0.25) is 19.3 Å². The highest BCUT2D eigenvalue weighted by Crippen LogP contribution is 2.30. The third-order valence-electron chi connectivity index (χ3n) is 5.13. The van der Waals surface area contributed by atoms with Gasteiger partial charge in [0.15, 0.2) is 0 Å². The van der Waals surface area contributed by atoms with Crippen molar-refractivity contribution in [2.45, 2.75) is 27.4 Å². The second-order valence-electron chi connectivity index (χ2n) is 6.82. The molecular formula is C21H22N2O4. The second-order valence-corrected chi connectivity index (χ2v) is 6.82. The molecule has 1 aliphatic heterocycles. The molecule has 1 aliphatic rings. The monoisotopic (exact) mass is 366 g/mol. The molecule has 2 aromatic rings. The number of fused-ring (bicyclic) bond motifs is 1. The standard InChI is InChI=1S/C21H22N2O4/c1-12-9-13(2)19(14(3)17(12)11-24)22(4)18(25)10-23-20(26)15-7-5-6-8-16(15)21(23)27/h5-9,24H,10-11H2,1-4H3. The van der Waals surface area contributed by atoms with Crippen molar-refractivity contribution in [3.8, 4) is 0 Å². The number of hydrogen-bond donors (Lipinski definition) is 1. The summed E-state index contributed by atoms with van der Waals surface area (Å²) in [6, 6.07) is 8.48. The number of amides is 3. The number of nitrogens with zero attached hydrogens (tertiary/aromatic N) is 2. The molecule has 0 radical (unpaired) electrons. The lowest BCUT2D eigenvalue weighted by molar-refractivity contribution is -0.118. The molecule has 140 valence electrons. The van der Waals surface area contributed by atoms with Crippen LogP contribution in [0.25, 0.3) is 0 Å². The number of carbonyl (C=O) groups excluding carboxylic acids is 3. The third-order valence-corrected chi connectivity index (χ3v) is 5.13. The van der Waals surface area contributed by atoms with Crippen molar-refractivity contribution in [1.82, 2.24) is 4.90 Å². The minimum absolute atomic E-state index is 0.120. The first-order valence-corrected chi connectivity index (χ1v) is 8.70. The van der Waals surface area contributed by atoms with Crippen LogP contribution >= 0.6 is 0 Å². The Morgan fingerprint density at radius 1 is 1.04 bits per heavy atom. The summed E-state index contributed by atoms with van der Waals surface area (Å²) in [4.78, 5) is 40.2. The molecule has 27 heavy (non-hydrogen) atoms. The van der Waals surface area contributed by atoms with E-state index in [4.69, 9.17) is 0 Å². The van der Waals surface area contributed by atoms with Gasteiger partial charge in [0.2, 0.25) is 5.91 Å². The van der Waals surface area contributed by atoms with Gasteiger partial charge in [-0.05, 0) is 55.2 Å². The summed E-state index contributed by atoms with van der Waals surface area (Å²) in [7, 11) is 1.62. The summed E-state index contributed by atoms with van der Waals surface area (Å²) in [5.74, 6) is -1.28. The highest BCUT2D eigenvalue weighted by atomic mass is 16.3. The summed E-state index contributed by atoms with van der Waals surface area (Å²) in [5.41, 5.74) is 4.76. The number of aryl methyl sites for hydroxylation is 2. The van der Waals surface area contributed by atoms with E-state index >= 15 is 0 Å². The Balaban J connectivity index is 1.88. The van der Waals surface area contributed by atoms with Gasteiger partial charge in [0, 0.05) is 12.7 Å². The minimum atomic E-state index is -0.453. The van der Waals surface area contributed by atoms with Gasteiger partial charge in [0.1, 0.15) is 6.54 Å². The molecule has 3 rings (SSSR count). The molecule has 0 aromatic heterocycles. The highest BCUT2D eigenvalue weighted by molar-refractivity contribution is 6.22. The van der Waals surface area contributed by atoms with Gasteiger partial charge in [-0.15, -0.1) is 0 Å². The lowest BCUT2D eigenvalue weighted by atomic mass is 9.97. The van der Waals surface area contributed by atoms with Crippen LogP contribution in [-0.4, -0.2) is 41.3 Å². The molecule has 3 amide bonds. The summed E-state index contributed by atoms with van der Waals surface area (Å²) in [6.45, 7) is 5.21. The van der Waals surface area contributed by atoms with Crippen molar-refractivity contribution < 1.29 is 19.5 Å². The number of likely N-dealkylation sites (N-methyl/N-ethyl adjacent to an activating group) is 1. The maximum absolute atomic E-state index is 12.8. The number of hydrogen-bond acceptors (Lipinski definition) is 4. The Hall–Kier alpha value is -2.99. The van der Waals surface area contributed by atoms with Crippen molar-refractivity contribution in [3.05, 3.63) is 63.7 Å². The third kappa shape index (κ3) is 3.02. The van der Waals surface area contributed by atoms with E-state index in [0.717, 1.165) is 27.2 Å². The predicted octanol–water partition coefficient (Wildman–Crippen LogP) is 2.36. The van der Waals surface area contributed by atoms with Crippen LogP contribution in [0.1, 0.15) is 43.0 Å². The molecule has 1 N–H and O–H groups in total. The fourth-order valence-electron chi connectivity index (χ4n) is 3.72. The summed E-state index contributed by atoms with van der Waals surface area (Å²) in [5, 5.41) is 9.63. The zero-order chi connectivity index (χ0) is 19.9. The number of imide groups is 1. The van der Waals surface area contributed by atoms with E-state index in [9.17, 15) is 19.5 Å². The maximum Gasteiger partial charge on any atom is 0.262 e. The van der Waals surface area contributed by atoms with E-state index in [1.807, 2.05) is 26.8 Å². The van der Waals surface area contributed by atoms with Crippen LogP contribution in [0.15, 0.2) is 30.3 Å². The zero-order valence-corrected chi connectivity index (χ0v) is 15.9. The number of anilines is 1.